The van der Waals surface area contributed by atoms with Crippen molar-refractivity contribution < 1.29 is 19.4 Å². The smallest absolute Gasteiger partial charge is 0.290 e. The van der Waals surface area contributed by atoms with Crippen LogP contribution in [0.5, 0.6) is 0 Å². The molecule has 3 heterocycles. The summed E-state index contributed by atoms with van der Waals surface area (Å²) < 4.78 is 6.30. The molecule has 6 nitrogen and oxygen atoms in total. The molecule has 1 amide bonds. The van der Waals surface area contributed by atoms with E-state index < -0.39 is 17.7 Å². The van der Waals surface area contributed by atoms with Crippen LogP contribution in [0.3, 0.4) is 0 Å². The molecule has 8 heteroatoms. The van der Waals surface area contributed by atoms with E-state index >= 15 is 0 Å². The maximum absolute atomic E-state index is 13.2. The standard InChI is InChI=1S/C22H23BrN2O4S/c23-16-6-4-15(5-7-16)19-18(20(26)17-3-1-14-30-17)21(27)22(28)25(19)9-2-8-24-10-12-29-13-11-24/h1,3-7,14,19,27H,2,8-13H2/t19-/m0/s1. The van der Waals surface area contributed by atoms with Crippen molar-refractivity contribution >= 4 is 39.0 Å². The third kappa shape index (κ3) is 4.37. The van der Waals surface area contributed by atoms with Crippen LogP contribution in [-0.2, 0) is 9.53 Å². The molecule has 158 valence electrons. The molecule has 0 spiro atoms. The van der Waals surface area contributed by atoms with Gasteiger partial charge in [0, 0.05) is 30.7 Å². The maximum atomic E-state index is 13.2. The van der Waals surface area contributed by atoms with Gasteiger partial charge in [0.05, 0.1) is 29.7 Å². The van der Waals surface area contributed by atoms with Gasteiger partial charge in [-0.15, -0.1) is 11.3 Å². The molecule has 2 aliphatic heterocycles. The number of rotatable bonds is 7. The van der Waals surface area contributed by atoms with Gasteiger partial charge in [-0.2, -0.15) is 0 Å². The molecule has 0 radical (unpaired) electrons. The zero-order valence-electron chi connectivity index (χ0n) is 16.4. The lowest BCUT2D eigenvalue weighted by Gasteiger charge is -2.30. The highest BCUT2D eigenvalue weighted by Crippen LogP contribution is 2.39. The second kappa shape index (κ2) is 9.43. The molecule has 1 saturated heterocycles. The molecule has 0 unspecified atom stereocenters. The number of ether oxygens (including phenoxy) is 1. The predicted molar refractivity (Wildman–Crippen MR) is 119 cm³/mol. The van der Waals surface area contributed by atoms with Gasteiger partial charge in [-0.3, -0.25) is 14.5 Å². The van der Waals surface area contributed by atoms with E-state index in [2.05, 4.69) is 20.8 Å². The van der Waals surface area contributed by atoms with Gasteiger partial charge in [-0.05, 0) is 35.6 Å². The Kier molecular flexibility index (Phi) is 6.67. The van der Waals surface area contributed by atoms with E-state index in [1.807, 2.05) is 29.6 Å². The summed E-state index contributed by atoms with van der Waals surface area (Å²) in [6, 6.07) is 10.5. The number of carbonyl (C=O) groups is 2. The summed E-state index contributed by atoms with van der Waals surface area (Å²) in [5.74, 6) is -1.21. The SMILES string of the molecule is O=C(C1=C(O)C(=O)N(CCCN2CCOCC2)[C@H]1c1ccc(Br)cc1)c1cccs1. The van der Waals surface area contributed by atoms with E-state index in [1.165, 1.54) is 11.3 Å². The topological polar surface area (TPSA) is 70.1 Å². The third-order valence-corrected chi connectivity index (χ3v) is 6.85. The van der Waals surface area contributed by atoms with Gasteiger partial charge in [0.25, 0.3) is 5.91 Å². The summed E-state index contributed by atoms with van der Waals surface area (Å²) in [6.07, 6.45) is 0.756. The van der Waals surface area contributed by atoms with E-state index in [1.54, 1.807) is 17.0 Å². The average molecular weight is 491 g/mol. The summed E-state index contributed by atoms with van der Waals surface area (Å²) in [7, 11) is 0. The number of ketones is 1. The summed E-state index contributed by atoms with van der Waals surface area (Å²) in [4.78, 5) is 30.6. The van der Waals surface area contributed by atoms with Gasteiger partial charge >= 0.3 is 0 Å². The number of amides is 1. The Balaban J connectivity index is 1.59. The predicted octanol–water partition coefficient (Wildman–Crippen LogP) is 3.81. The largest absolute Gasteiger partial charge is 0.503 e. The van der Waals surface area contributed by atoms with Crippen LogP contribution in [0, 0.1) is 0 Å². The molecule has 1 fully saturated rings. The van der Waals surface area contributed by atoms with Crippen molar-refractivity contribution in [3.63, 3.8) is 0 Å². The first-order valence-electron chi connectivity index (χ1n) is 9.94. The Morgan fingerprint density at radius 1 is 1.17 bits per heavy atom. The highest BCUT2D eigenvalue weighted by atomic mass is 79.9. The molecule has 2 aromatic rings. The van der Waals surface area contributed by atoms with Crippen LogP contribution in [0.1, 0.15) is 27.7 Å². The minimum Gasteiger partial charge on any atom is -0.503 e. The molecule has 4 rings (SSSR count). The van der Waals surface area contributed by atoms with Gasteiger partial charge < -0.3 is 14.7 Å². The Labute approximate surface area is 187 Å². The van der Waals surface area contributed by atoms with Crippen LogP contribution in [0.15, 0.2) is 57.6 Å². The number of benzene rings is 1. The van der Waals surface area contributed by atoms with Gasteiger partial charge in [0.2, 0.25) is 5.78 Å². The second-order valence-electron chi connectivity index (χ2n) is 7.33. The zero-order chi connectivity index (χ0) is 21.1. The average Bonchev–Trinajstić information content (AvgIpc) is 3.38. The fourth-order valence-electron chi connectivity index (χ4n) is 3.94. The van der Waals surface area contributed by atoms with Crippen LogP contribution in [0.2, 0.25) is 0 Å². The lowest BCUT2D eigenvalue weighted by atomic mass is 9.95. The van der Waals surface area contributed by atoms with Crippen molar-refractivity contribution in [2.75, 3.05) is 39.4 Å². The molecule has 1 N–H and O–H groups in total. The highest BCUT2D eigenvalue weighted by molar-refractivity contribution is 9.10. The third-order valence-electron chi connectivity index (χ3n) is 5.46. The van der Waals surface area contributed by atoms with E-state index in [0.717, 1.165) is 49.3 Å². The lowest BCUT2D eigenvalue weighted by molar-refractivity contribution is -0.129. The lowest BCUT2D eigenvalue weighted by Crippen LogP contribution is -2.39. The molecule has 2 aliphatic rings. The molecular weight excluding hydrogens is 468 g/mol. The zero-order valence-corrected chi connectivity index (χ0v) is 18.8. The van der Waals surface area contributed by atoms with Crippen LogP contribution in [0.25, 0.3) is 0 Å². The van der Waals surface area contributed by atoms with E-state index in [-0.39, 0.29) is 11.4 Å². The number of carbonyl (C=O) groups excluding carboxylic acids is 2. The molecule has 1 atom stereocenters. The molecule has 1 aromatic heterocycles. The number of aliphatic hydroxyl groups is 1. The summed E-state index contributed by atoms with van der Waals surface area (Å²) in [6.45, 7) is 4.53. The van der Waals surface area contributed by atoms with Gasteiger partial charge in [-0.1, -0.05) is 34.1 Å². The fourth-order valence-corrected chi connectivity index (χ4v) is 4.88. The van der Waals surface area contributed by atoms with Crippen LogP contribution >= 0.6 is 27.3 Å². The van der Waals surface area contributed by atoms with Crippen LogP contribution in [0.4, 0.5) is 0 Å². The Bertz CT molecular complexity index is 937. The summed E-state index contributed by atoms with van der Waals surface area (Å²) in [5, 5.41) is 12.5. The monoisotopic (exact) mass is 490 g/mol. The van der Waals surface area contributed by atoms with Crippen molar-refractivity contribution in [1.29, 1.82) is 0 Å². The van der Waals surface area contributed by atoms with Crippen molar-refractivity contribution in [3.8, 4) is 0 Å². The molecule has 0 bridgehead atoms. The molecular formula is C22H23BrN2O4S. The Morgan fingerprint density at radius 2 is 1.90 bits per heavy atom. The summed E-state index contributed by atoms with van der Waals surface area (Å²) >= 11 is 4.74. The van der Waals surface area contributed by atoms with Crippen molar-refractivity contribution in [2.45, 2.75) is 12.5 Å². The molecule has 0 aliphatic carbocycles. The first-order valence-corrected chi connectivity index (χ1v) is 11.6. The highest BCUT2D eigenvalue weighted by Gasteiger charge is 2.43. The Hall–Kier alpha value is -2.00. The first-order chi connectivity index (χ1) is 14.6. The van der Waals surface area contributed by atoms with E-state index in [9.17, 15) is 14.7 Å². The fraction of sp³-hybridized carbons (Fsp3) is 0.364. The van der Waals surface area contributed by atoms with Crippen molar-refractivity contribution in [1.82, 2.24) is 9.80 Å². The minimum atomic E-state index is -0.593. The number of nitrogens with zero attached hydrogens (tertiary/aromatic N) is 2. The quantitative estimate of drug-likeness (QED) is 0.597. The number of thiophene rings is 1. The van der Waals surface area contributed by atoms with Gasteiger partial charge in [0.15, 0.2) is 5.76 Å². The van der Waals surface area contributed by atoms with Gasteiger partial charge in [-0.25, -0.2) is 0 Å². The van der Waals surface area contributed by atoms with Crippen LogP contribution < -0.4 is 0 Å². The number of aliphatic hydroxyl groups excluding tert-OH is 1. The molecule has 30 heavy (non-hydrogen) atoms. The normalized spacial score (nSPS) is 20.2. The number of hydrogen-bond donors (Lipinski definition) is 1. The summed E-state index contributed by atoms with van der Waals surface area (Å²) in [5.41, 5.74) is 0.970. The van der Waals surface area contributed by atoms with Crippen molar-refractivity contribution in [3.05, 3.63) is 68.0 Å². The number of morpholine rings is 1. The maximum Gasteiger partial charge on any atom is 0.290 e. The van der Waals surface area contributed by atoms with E-state index in [0.29, 0.717) is 11.4 Å². The number of halogens is 1. The molecule has 1 aromatic carbocycles. The minimum absolute atomic E-state index is 0.163. The van der Waals surface area contributed by atoms with Gasteiger partial charge in [0.1, 0.15) is 0 Å². The number of hydrogen-bond acceptors (Lipinski definition) is 6. The first kappa shape index (κ1) is 21.2. The Morgan fingerprint density at radius 3 is 2.57 bits per heavy atom. The van der Waals surface area contributed by atoms with Crippen LogP contribution in [-0.4, -0.2) is 66.0 Å². The second-order valence-corrected chi connectivity index (χ2v) is 9.19. The van der Waals surface area contributed by atoms with Crippen molar-refractivity contribution in [2.24, 2.45) is 0 Å². The number of Topliss-reactive ketones (excluding diaryl/α,β-unsaturated/α-hetero) is 1. The molecule has 0 saturated carbocycles. The van der Waals surface area contributed by atoms with E-state index in [4.69, 9.17) is 4.74 Å².